The first-order valence-electron chi connectivity index (χ1n) is 7.24. The highest BCUT2D eigenvalue weighted by molar-refractivity contribution is 7.16. The van der Waals surface area contributed by atoms with Gasteiger partial charge in [-0.05, 0) is 29.5 Å². The second kappa shape index (κ2) is 7.27. The Morgan fingerprint density at radius 2 is 2.28 bits per heavy atom. The minimum absolute atomic E-state index is 0.237. The van der Waals surface area contributed by atoms with Gasteiger partial charge < -0.3 is 15.3 Å². The zero-order valence-electron chi connectivity index (χ0n) is 12.8. The number of anilines is 1. The molecule has 1 aliphatic rings. The van der Waals surface area contributed by atoms with Gasteiger partial charge in [-0.2, -0.15) is 5.26 Å². The van der Waals surface area contributed by atoms with Crippen molar-refractivity contribution in [3.8, 4) is 6.07 Å². The fourth-order valence-electron chi connectivity index (χ4n) is 2.50. The highest BCUT2D eigenvalue weighted by atomic mass is 35.5. The summed E-state index contributed by atoms with van der Waals surface area (Å²) in [7, 11) is 0. The van der Waals surface area contributed by atoms with Gasteiger partial charge >= 0.3 is 6.09 Å². The number of thiophene rings is 2. The molecule has 0 bridgehead atoms. The minimum Gasteiger partial charge on any atom is -0.465 e. The first kappa shape index (κ1) is 17.5. The average Bonchev–Trinajstić information content (AvgIpc) is 3.14. The number of hydrogen-bond donors (Lipinski definition) is 2. The molecule has 0 saturated carbocycles. The van der Waals surface area contributed by atoms with Crippen LogP contribution in [0, 0.1) is 11.3 Å². The van der Waals surface area contributed by atoms with Gasteiger partial charge in [0.1, 0.15) is 11.1 Å². The zero-order valence-corrected chi connectivity index (χ0v) is 15.2. The Hall–Kier alpha value is -2.34. The van der Waals surface area contributed by atoms with E-state index in [1.807, 2.05) is 5.38 Å². The Kier molecular flexibility index (Phi) is 5.08. The Labute approximate surface area is 156 Å². The van der Waals surface area contributed by atoms with E-state index in [0.717, 1.165) is 15.3 Å². The van der Waals surface area contributed by atoms with Gasteiger partial charge in [0, 0.05) is 22.4 Å². The Balaban J connectivity index is 1.78. The van der Waals surface area contributed by atoms with Gasteiger partial charge in [-0.15, -0.1) is 22.7 Å². The topological polar surface area (TPSA) is 93.4 Å². The van der Waals surface area contributed by atoms with E-state index in [1.165, 1.54) is 33.6 Å². The average molecular weight is 394 g/mol. The predicted molar refractivity (Wildman–Crippen MR) is 98.2 cm³/mol. The Bertz CT molecular complexity index is 910. The van der Waals surface area contributed by atoms with Crippen LogP contribution in [0.4, 0.5) is 9.80 Å². The Morgan fingerprint density at radius 1 is 1.48 bits per heavy atom. The normalized spacial score (nSPS) is 13.5. The zero-order chi connectivity index (χ0) is 18.0. The van der Waals surface area contributed by atoms with Gasteiger partial charge in [-0.3, -0.25) is 4.79 Å². The van der Waals surface area contributed by atoms with E-state index in [2.05, 4.69) is 11.4 Å². The Morgan fingerprint density at radius 3 is 2.92 bits per heavy atom. The van der Waals surface area contributed by atoms with Gasteiger partial charge in [-0.1, -0.05) is 11.6 Å². The molecule has 0 unspecified atom stereocenters. The number of nitrogens with one attached hydrogen (secondary N) is 1. The second-order valence-corrected chi connectivity index (χ2v) is 7.69. The van der Waals surface area contributed by atoms with E-state index < -0.39 is 6.09 Å². The molecule has 9 heteroatoms. The standard InChI is InChI=1S/C16H12ClN3O3S2/c17-11-4-6-24-12(11)1-2-14(21)19-15-10(7-18)9-3-5-20(16(22)23)8-13(9)25-15/h1-2,4,6H,3,5,8H2,(H,19,21)(H,22,23). The summed E-state index contributed by atoms with van der Waals surface area (Å²) in [6.07, 6.45) is 2.46. The second-order valence-electron chi connectivity index (χ2n) is 5.23. The van der Waals surface area contributed by atoms with Crippen LogP contribution in [0.25, 0.3) is 6.08 Å². The minimum atomic E-state index is -0.987. The van der Waals surface area contributed by atoms with E-state index >= 15 is 0 Å². The van der Waals surface area contributed by atoms with Crippen LogP contribution in [0.3, 0.4) is 0 Å². The smallest absolute Gasteiger partial charge is 0.407 e. The molecule has 128 valence electrons. The molecule has 0 aromatic carbocycles. The number of rotatable bonds is 3. The van der Waals surface area contributed by atoms with Gasteiger partial charge in [0.25, 0.3) is 0 Å². The molecule has 0 spiro atoms. The number of amides is 2. The maximum Gasteiger partial charge on any atom is 0.407 e. The number of halogens is 1. The van der Waals surface area contributed by atoms with Crippen LogP contribution in [-0.4, -0.2) is 28.6 Å². The van der Waals surface area contributed by atoms with Gasteiger partial charge in [0.15, 0.2) is 0 Å². The fourth-order valence-corrected chi connectivity index (χ4v) is 4.73. The molecule has 3 rings (SSSR count). The number of hydrogen-bond acceptors (Lipinski definition) is 5. The molecule has 0 aliphatic carbocycles. The molecule has 1 aliphatic heterocycles. The lowest BCUT2D eigenvalue weighted by Gasteiger charge is -2.23. The number of carboxylic acid groups (broad SMARTS) is 1. The number of carbonyl (C=O) groups is 2. The molecular weight excluding hydrogens is 382 g/mol. The molecule has 2 aromatic heterocycles. The van der Waals surface area contributed by atoms with E-state index in [0.29, 0.717) is 28.6 Å². The van der Waals surface area contributed by atoms with Crippen molar-refractivity contribution in [3.05, 3.63) is 43.4 Å². The summed E-state index contributed by atoms with van der Waals surface area (Å²) >= 11 is 8.64. The van der Waals surface area contributed by atoms with E-state index in [4.69, 9.17) is 16.7 Å². The maximum absolute atomic E-state index is 12.1. The molecule has 2 aromatic rings. The quantitative estimate of drug-likeness (QED) is 0.770. The molecule has 6 nitrogen and oxygen atoms in total. The molecular formula is C16H12ClN3O3S2. The van der Waals surface area contributed by atoms with Crippen molar-refractivity contribution in [1.82, 2.24) is 4.90 Å². The van der Waals surface area contributed by atoms with E-state index in [1.54, 1.807) is 12.1 Å². The van der Waals surface area contributed by atoms with Crippen molar-refractivity contribution in [2.45, 2.75) is 13.0 Å². The van der Waals surface area contributed by atoms with Crippen LogP contribution in [0.5, 0.6) is 0 Å². The molecule has 3 heterocycles. The van der Waals surface area contributed by atoms with Crippen molar-refractivity contribution < 1.29 is 14.7 Å². The molecule has 0 atom stereocenters. The molecule has 0 saturated heterocycles. The third-order valence-corrected chi connectivity index (χ3v) is 6.16. The summed E-state index contributed by atoms with van der Waals surface area (Å²) < 4.78 is 0. The highest BCUT2D eigenvalue weighted by Crippen LogP contribution is 2.36. The van der Waals surface area contributed by atoms with E-state index in [-0.39, 0.29) is 12.5 Å². The lowest BCUT2D eigenvalue weighted by atomic mass is 10.0. The van der Waals surface area contributed by atoms with Crippen LogP contribution in [0.2, 0.25) is 5.02 Å². The molecule has 0 radical (unpaired) electrons. The van der Waals surface area contributed by atoms with Crippen molar-refractivity contribution in [2.24, 2.45) is 0 Å². The molecule has 2 amide bonds. The number of nitrogens with zero attached hydrogens (tertiary/aromatic N) is 2. The lowest BCUT2D eigenvalue weighted by molar-refractivity contribution is -0.111. The summed E-state index contributed by atoms with van der Waals surface area (Å²) in [6.45, 7) is 0.582. The summed E-state index contributed by atoms with van der Waals surface area (Å²) in [5, 5.41) is 24.1. The van der Waals surface area contributed by atoms with Crippen LogP contribution in [-0.2, 0) is 17.8 Å². The largest absolute Gasteiger partial charge is 0.465 e. The van der Waals surface area contributed by atoms with Gasteiger partial charge in [0.2, 0.25) is 5.91 Å². The summed E-state index contributed by atoms with van der Waals surface area (Å²) in [6, 6.07) is 3.87. The third-order valence-electron chi connectivity index (χ3n) is 3.71. The van der Waals surface area contributed by atoms with E-state index in [9.17, 15) is 14.9 Å². The molecule has 25 heavy (non-hydrogen) atoms. The van der Waals surface area contributed by atoms with Crippen LogP contribution < -0.4 is 5.32 Å². The monoisotopic (exact) mass is 393 g/mol. The lowest BCUT2D eigenvalue weighted by Crippen LogP contribution is -2.34. The third kappa shape index (κ3) is 3.69. The van der Waals surface area contributed by atoms with Gasteiger partial charge in [0.05, 0.1) is 17.1 Å². The van der Waals surface area contributed by atoms with Crippen LogP contribution >= 0.6 is 34.3 Å². The SMILES string of the molecule is N#Cc1c(NC(=O)C=Cc2sccc2Cl)sc2c1CCN(C(=O)O)C2. The summed E-state index contributed by atoms with van der Waals surface area (Å²) in [5.74, 6) is -0.366. The van der Waals surface area contributed by atoms with Crippen molar-refractivity contribution in [1.29, 1.82) is 5.26 Å². The number of nitriles is 1. The summed E-state index contributed by atoms with van der Waals surface area (Å²) in [5.41, 5.74) is 1.24. The molecule has 2 N–H and O–H groups in total. The van der Waals surface area contributed by atoms with Crippen molar-refractivity contribution in [3.63, 3.8) is 0 Å². The van der Waals surface area contributed by atoms with Crippen LogP contribution in [0.15, 0.2) is 17.5 Å². The first-order chi connectivity index (χ1) is 12.0. The fraction of sp³-hybridized carbons (Fsp3) is 0.188. The highest BCUT2D eigenvalue weighted by Gasteiger charge is 2.27. The van der Waals surface area contributed by atoms with Crippen LogP contribution in [0.1, 0.15) is 20.9 Å². The maximum atomic E-state index is 12.1. The molecule has 0 fully saturated rings. The predicted octanol–water partition coefficient (Wildman–Crippen LogP) is 4.02. The van der Waals surface area contributed by atoms with Gasteiger partial charge in [-0.25, -0.2) is 4.79 Å². The first-order valence-corrected chi connectivity index (χ1v) is 9.31. The number of fused-ring (bicyclic) bond motifs is 1. The van der Waals surface area contributed by atoms with Crippen molar-refractivity contribution >= 4 is 57.4 Å². The summed E-state index contributed by atoms with van der Waals surface area (Å²) in [4.78, 5) is 26.1. The van der Waals surface area contributed by atoms with Crippen molar-refractivity contribution in [2.75, 3.05) is 11.9 Å². The number of carbonyl (C=O) groups excluding carboxylic acids is 1.